The molecule has 0 spiro atoms. The van der Waals surface area contributed by atoms with Gasteiger partial charge >= 0.3 is 0 Å². The van der Waals surface area contributed by atoms with Crippen LogP contribution in [0.15, 0.2) is 24.3 Å². The molecule has 146 valence electrons. The highest BCUT2D eigenvalue weighted by Gasteiger charge is 2.25. The van der Waals surface area contributed by atoms with Crippen molar-refractivity contribution in [1.82, 2.24) is 14.5 Å². The summed E-state index contributed by atoms with van der Waals surface area (Å²) in [5.41, 5.74) is 2.26. The molecule has 0 bridgehead atoms. The van der Waals surface area contributed by atoms with Gasteiger partial charge in [0.05, 0.1) is 11.0 Å². The average molecular weight is 368 g/mol. The van der Waals surface area contributed by atoms with Crippen LogP contribution in [0.4, 0.5) is 0 Å². The zero-order valence-corrected chi connectivity index (χ0v) is 16.7. The molecule has 2 saturated carbocycles. The summed E-state index contributed by atoms with van der Waals surface area (Å²) < 4.78 is 2.35. The molecule has 0 unspecified atom stereocenters. The van der Waals surface area contributed by atoms with Gasteiger partial charge in [0.15, 0.2) is 0 Å². The number of hydrogen-bond acceptors (Lipinski definition) is 2. The monoisotopic (exact) mass is 367 g/mol. The summed E-state index contributed by atoms with van der Waals surface area (Å²) in [4.78, 5) is 19.9. The van der Waals surface area contributed by atoms with Crippen LogP contribution in [0.5, 0.6) is 0 Å². The second kappa shape index (κ2) is 8.45. The molecule has 1 amide bonds. The van der Waals surface area contributed by atoms with Gasteiger partial charge in [0.1, 0.15) is 5.82 Å². The van der Waals surface area contributed by atoms with Crippen LogP contribution in [0.2, 0.25) is 0 Å². The Morgan fingerprint density at radius 1 is 1.04 bits per heavy atom. The Morgan fingerprint density at radius 3 is 2.44 bits per heavy atom. The zero-order chi connectivity index (χ0) is 18.6. The van der Waals surface area contributed by atoms with Gasteiger partial charge in [-0.2, -0.15) is 0 Å². The zero-order valence-electron chi connectivity index (χ0n) is 16.7. The summed E-state index contributed by atoms with van der Waals surface area (Å²) in [5, 5.41) is 0. The largest absolute Gasteiger partial charge is 0.343 e. The molecule has 0 N–H and O–H groups in total. The Morgan fingerprint density at radius 2 is 1.70 bits per heavy atom. The van der Waals surface area contributed by atoms with Crippen molar-refractivity contribution in [2.24, 2.45) is 0 Å². The molecule has 4 heteroatoms. The molecule has 1 aromatic heterocycles. The fourth-order valence-electron chi connectivity index (χ4n) is 5.06. The van der Waals surface area contributed by atoms with E-state index in [1.807, 2.05) is 11.9 Å². The van der Waals surface area contributed by atoms with Gasteiger partial charge in [0.25, 0.3) is 0 Å². The summed E-state index contributed by atoms with van der Waals surface area (Å²) in [6.07, 6.45) is 13.2. The van der Waals surface area contributed by atoms with Crippen molar-refractivity contribution in [2.75, 3.05) is 7.05 Å². The van der Waals surface area contributed by atoms with E-state index in [0.29, 0.717) is 18.4 Å². The van der Waals surface area contributed by atoms with Gasteiger partial charge < -0.3 is 9.47 Å². The second-order valence-electron chi connectivity index (χ2n) is 8.49. The first-order valence-corrected chi connectivity index (χ1v) is 10.9. The lowest BCUT2D eigenvalue weighted by Gasteiger charge is -2.31. The maximum absolute atomic E-state index is 12.9. The third-order valence-corrected chi connectivity index (χ3v) is 6.72. The maximum Gasteiger partial charge on any atom is 0.224 e. The summed E-state index contributed by atoms with van der Waals surface area (Å²) in [7, 11) is 2.01. The first kappa shape index (κ1) is 18.5. The Balaban J connectivity index is 1.51. The van der Waals surface area contributed by atoms with E-state index in [1.54, 1.807) is 0 Å². The predicted molar refractivity (Wildman–Crippen MR) is 110 cm³/mol. The number of amides is 1. The summed E-state index contributed by atoms with van der Waals surface area (Å²) >= 11 is 0. The first-order chi connectivity index (χ1) is 13.2. The van der Waals surface area contributed by atoms with Gasteiger partial charge in [0, 0.05) is 32.0 Å². The van der Waals surface area contributed by atoms with E-state index in [0.717, 1.165) is 12.1 Å². The van der Waals surface area contributed by atoms with E-state index < -0.39 is 0 Å². The Bertz CT molecular complexity index is 769. The molecule has 0 atom stereocenters. The van der Waals surface area contributed by atoms with Crippen molar-refractivity contribution in [3.8, 4) is 0 Å². The molecule has 2 aliphatic carbocycles. The molecule has 2 aliphatic rings. The fraction of sp³-hybridized carbons (Fsp3) is 0.652. The predicted octanol–water partition coefficient (Wildman–Crippen LogP) is 5.27. The van der Waals surface area contributed by atoms with E-state index in [4.69, 9.17) is 4.98 Å². The minimum atomic E-state index is 0.286. The molecule has 27 heavy (non-hydrogen) atoms. The maximum atomic E-state index is 12.9. The molecule has 2 fully saturated rings. The number of rotatable bonds is 5. The van der Waals surface area contributed by atoms with Crippen LogP contribution in [0.3, 0.4) is 0 Å². The molecule has 4 rings (SSSR count). The number of benzene rings is 1. The van der Waals surface area contributed by atoms with Crippen LogP contribution < -0.4 is 0 Å². The molecule has 1 heterocycles. The Hall–Kier alpha value is -1.84. The van der Waals surface area contributed by atoms with Crippen LogP contribution >= 0.6 is 0 Å². The van der Waals surface area contributed by atoms with Crippen molar-refractivity contribution >= 4 is 16.9 Å². The molecule has 4 nitrogen and oxygen atoms in total. The number of fused-ring (bicyclic) bond motifs is 1. The SMILES string of the molecule is CN(C(=O)CCn1c(C2CCCCC2)nc2ccccc21)C1CCCCC1. The topological polar surface area (TPSA) is 38.1 Å². The standard InChI is InChI=1S/C23H33N3O/c1-25(19-12-6-3-7-13-19)22(27)16-17-26-21-15-9-8-14-20(21)24-23(26)18-10-4-2-5-11-18/h8-9,14-15,18-19H,2-7,10-13,16-17H2,1H3. The number of carbonyl (C=O) groups excluding carboxylic acids is 1. The van der Waals surface area contributed by atoms with Crippen LogP contribution in [0, 0.1) is 0 Å². The van der Waals surface area contributed by atoms with E-state index in [-0.39, 0.29) is 5.91 Å². The number of para-hydroxylation sites is 2. The van der Waals surface area contributed by atoms with Crippen molar-refractivity contribution in [1.29, 1.82) is 0 Å². The van der Waals surface area contributed by atoms with Gasteiger partial charge in [-0.15, -0.1) is 0 Å². The first-order valence-electron chi connectivity index (χ1n) is 10.9. The Kier molecular flexibility index (Phi) is 5.80. The number of imidazole rings is 1. The van der Waals surface area contributed by atoms with Crippen LogP contribution in [-0.4, -0.2) is 33.4 Å². The van der Waals surface area contributed by atoms with E-state index in [2.05, 4.69) is 28.8 Å². The fourth-order valence-corrected chi connectivity index (χ4v) is 5.06. The second-order valence-corrected chi connectivity index (χ2v) is 8.49. The smallest absolute Gasteiger partial charge is 0.224 e. The van der Waals surface area contributed by atoms with E-state index in [1.165, 1.54) is 75.5 Å². The third-order valence-electron chi connectivity index (χ3n) is 6.72. The highest BCUT2D eigenvalue weighted by molar-refractivity contribution is 5.78. The highest BCUT2D eigenvalue weighted by atomic mass is 16.2. The number of nitrogens with zero attached hydrogens (tertiary/aromatic N) is 3. The van der Waals surface area contributed by atoms with Gasteiger partial charge in [-0.25, -0.2) is 4.98 Å². The lowest BCUT2D eigenvalue weighted by atomic mass is 9.88. The summed E-state index contributed by atoms with van der Waals surface area (Å²) in [6.45, 7) is 0.752. The van der Waals surface area contributed by atoms with Crippen molar-refractivity contribution in [3.63, 3.8) is 0 Å². The quantitative estimate of drug-likeness (QED) is 0.722. The third kappa shape index (κ3) is 4.04. The minimum Gasteiger partial charge on any atom is -0.343 e. The average Bonchev–Trinajstić information content (AvgIpc) is 3.11. The van der Waals surface area contributed by atoms with Gasteiger partial charge in [-0.1, -0.05) is 50.7 Å². The molecule has 2 aromatic rings. The van der Waals surface area contributed by atoms with Crippen molar-refractivity contribution in [3.05, 3.63) is 30.1 Å². The lowest BCUT2D eigenvalue weighted by Crippen LogP contribution is -2.38. The van der Waals surface area contributed by atoms with Gasteiger partial charge in [-0.05, 0) is 37.8 Å². The Labute approximate surface area is 163 Å². The summed E-state index contributed by atoms with van der Waals surface area (Å²) in [6, 6.07) is 8.86. The number of hydrogen-bond donors (Lipinski definition) is 0. The van der Waals surface area contributed by atoms with Gasteiger partial charge in [0.2, 0.25) is 5.91 Å². The van der Waals surface area contributed by atoms with E-state index >= 15 is 0 Å². The molecule has 0 saturated heterocycles. The molecule has 1 aromatic carbocycles. The van der Waals surface area contributed by atoms with Crippen molar-refractivity contribution in [2.45, 2.75) is 89.1 Å². The van der Waals surface area contributed by atoms with Crippen LogP contribution in [0.25, 0.3) is 11.0 Å². The molecular weight excluding hydrogens is 334 g/mol. The van der Waals surface area contributed by atoms with E-state index in [9.17, 15) is 4.79 Å². The summed E-state index contributed by atoms with van der Waals surface area (Å²) in [5.74, 6) is 2.05. The molecular formula is C23H33N3O. The van der Waals surface area contributed by atoms with Crippen molar-refractivity contribution < 1.29 is 4.79 Å². The molecule has 0 aliphatic heterocycles. The minimum absolute atomic E-state index is 0.286. The number of carbonyl (C=O) groups is 1. The highest BCUT2D eigenvalue weighted by Crippen LogP contribution is 2.34. The van der Waals surface area contributed by atoms with Crippen LogP contribution in [-0.2, 0) is 11.3 Å². The molecule has 0 radical (unpaired) electrons. The number of aryl methyl sites for hydroxylation is 1. The van der Waals surface area contributed by atoms with Crippen LogP contribution in [0.1, 0.15) is 82.4 Å². The number of aromatic nitrogens is 2. The normalized spacial score (nSPS) is 19.4. The lowest BCUT2D eigenvalue weighted by molar-refractivity contribution is -0.132. The van der Waals surface area contributed by atoms with Gasteiger partial charge in [-0.3, -0.25) is 4.79 Å².